The Morgan fingerprint density at radius 3 is 2.40 bits per heavy atom. The molecule has 0 bridgehead atoms. The molecule has 1 aliphatic heterocycles. The van der Waals surface area contributed by atoms with E-state index in [-0.39, 0.29) is 23.1 Å². The van der Waals surface area contributed by atoms with Crippen molar-refractivity contribution in [1.82, 2.24) is 10.6 Å². The summed E-state index contributed by atoms with van der Waals surface area (Å²) in [6.45, 7) is 0.00647. The van der Waals surface area contributed by atoms with Gasteiger partial charge in [-0.2, -0.15) is 0 Å². The van der Waals surface area contributed by atoms with Gasteiger partial charge in [0.25, 0.3) is 11.8 Å². The summed E-state index contributed by atoms with van der Waals surface area (Å²) in [5.41, 5.74) is 3.88. The Morgan fingerprint density at radius 1 is 1.17 bits per heavy atom. The average molecular weight is 436 g/mol. The van der Waals surface area contributed by atoms with Crippen LogP contribution in [0.25, 0.3) is 0 Å². The summed E-state index contributed by atoms with van der Waals surface area (Å²) in [5, 5.41) is 7.29. The lowest BCUT2D eigenvalue weighted by atomic mass is 9.84. The average Bonchev–Trinajstić information content (AvgIpc) is 3.13. The fourth-order valence-corrected chi connectivity index (χ4v) is 3.42. The summed E-state index contributed by atoms with van der Waals surface area (Å²) < 4.78 is 27.1. The Balaban J connectivity index is 1.89. The number of primary amides is 1. The Morgan fingerprint density at radius 2 is 1.83 bits per heavy atom. The van der Waals surface area contributed by atoms with E-state index in [1.165, 1.54) is 31.3 Å². The summed E-state index contributed by atoms with van der Waals surface area (Å²) in [4.78, 5) is 40.8. The first-order chi connectivity index (χ1) is 14.2. The Labute approximate surface area is 174 Å². The van der Waals surface area contributed by atoms with Gasteiger partial charge in [-0.1, -0.05) is 23.7 Å². The smallest absolute Gasteiger partial charge is 0.267 e. The third kappa shape index (κ3) is 3.62. The predicted octanol–water partition coefficient (Wildman–Crippen LogP) is 1.30. The summed E-state index contributed by atoms with van der Waals surface area (Å²) in [7, 11) is 1.40. The molecular weight excluding hydrogens is 420 g/mol. The van der Waals surface area contributed by atoms with Crippen LogP contribution in [0.3, 0.4) is 0 Å². The van der Waals surface area contributed by atoms with Crippen LogP contribution in [0, 0.1) is 11.6 Å². The highest BCUT2D eigenvalue weighted by molar-refractivity contribution is 6.47. The molecule has 11 heteroatoms. The van der Waals surface area contributed by atoms with Crippen molar-refractivity contribution in [2.45, 2.75) is 5.54 Å². The van der Waals surface area contributed by atoms with Crippen LogP contribution in [0.2, 0.25) is 5.02 Å². The van der Waals surface area contributed by atoms with E-state index >= 15 is 0 Å². The fourth-order valence-electron chi connectivity index (χ4n) is 3.14. The van der Waals surface area contributed by atoms with Crippen LogP contribution in [0.1, 0.15) is 15.9 Å². The topological polar surface area (TPSA) is 126 Å². The zero-order chi connectivity index (χ0) is 22.1. The molecular formula is C19H16ClF2N5O3. The third-order valence-electron chi connectivity index (χ3n) is 4.56. The van der Waals surface area contributed by atoms with Crippen LogP contribution >= 0.6 is 11.6 Å². The SMILES string of the molecule is CNC(=O)C1=NCNC1(C(N)=O)c1ccc(NC(=O)c2c(F)cc(F)cc2Cl)cc1. The van der Waals surface area contributed by atoms with E-state index < -0.39 is 40.5 Å². The van der Waals surface area contributed by atoms with Gasteiger partial charge in [-0.15, -0.1) is 0 Å². The highest BCUT2D eigenvalue weighted by Crippen LogP contribution is 2.29. The molecule has 1 unspecified atom stereocenters. The normalized spacial score (nSPS) is 17.9. The Kier molecular flexibility index (Phi) is 5.81. The Hall–Kier alpha value is -3.37. The van der Waals surface area contributed by atoms with Gasteiger partial charge in [0.05, 0.1) is 17.3 Å². The maximum absolute atomic E-state index is 13.9. The number of hydrogen-bond donors (Lipinski definition) is 4. The third-order valence-corrected chi connectivity index (χ3v) is 4.86. The number of nitrogens with two attached hydrogens (primary N) is 1. The number of carbonyl (C=O) groups is 3. The molecule has 0 fully saturated rings. The van der Waals surface area contributed by atoms with Crippen LogP contribution < -0.4 is 21.7 Å². The number of nitrogens with one attached hydrogen (secondary N) is 3. The summed E-state index contributed by atoms with van der Waals surface area (Å²) in [5.74, 6) is -4.31. The lowest BCUT2D eigenvalue weighted by molar-refractivity contribution is -0.123. The van der Waals surface area contributed by atoms with Gasteiger partial charge in [0.2, 0.25) is 5.91 Å². The summed E-state index contributed by atoms with van der Waals surface area (Å²) >= 11 is 5.77. The highest BCUT2D eigenvalue weighted by Gasteiger charge is 2.49. The minimum Gasteiger partial charge on any atom is -0.367 e. The van der Waals surface area contributed by atoms with Gasteiger partial charge in [-0.05, 0) is 23.8 Å². The van der Waals surface area contributed by atoms with Crippen LogP contribution in [0.5, 0.6) is 0 Å². The molecule has 30 heavy (non-hydrogen) atoms. The molecule has 0 radical (unpaired) electrons. The van der Waals surface area contributed by atoms with E-state index in [0.717, 1.165) is 6.07 Å². The lowest BCUT2D eigenvalue weighted by Gasteiger charge is -2.27. The minimum absolute atomic E-state index is 0.00647. The Bertz CT molecular complexity index is 1050. The number of carbonyl (C=O) groups excluding carboxylic acids is 3. The van der Waals surface area contributed by atoms with Crippen molar-refractivity contribution < 1.29 is 23.2 Å². The monoisotopic (exact) mass is 435 g/mol. The van der Waals surface area contributed by atoms with E-state index in [1.54, 1.807) is 0 Å². The van der Waals surface area contributed by atoms with Crippen LogP contribution in [0.15, 0.2) is 41.4 Å². The number of anilines is 1. The van der Waals surface area contributed by atoms with Crippen LogP contribution in [-0.2, 0) is 15.1 Å². The number of hydrogen-bond acceptors (Lipinski definition) is 5. The first kappa shape index (κ1) is 21.3. The van der Waals surface area contributed by atoms with Crippen molar-refractivity contribution in [1.29, 1.82) is 0 Å². The molecule has 1 atom stereocenters. The van der Waals surface area contributed by atoms with Crippen molar-refractivity contribution in [3.63, 3.8) is 0 Å². The van der Waals surface area contributed by atoms with Crippen molar-refractivity contribution in [3.05, 3.63) is 64.2 Å². The van der Waals surface area contributed by atoms with E-state index in [4.69, 9.17) is 17.3 Å². The molecule has 3 amide bonds. The first-order valence-electron chi connectivity index (χ1n) is 8.59. The summed E-state index contributed by atoms with van der Waals surface area (Å²) in [6.07, 6.45) is 0. The number of halogens is 3. The fraction of sp³-hybridized carbons (Fsp3) is 0.158. The van der Waals surface area contributed by atoms with Gasteiger partial charge >= 0.3 is 0 Å². The summed E-state index contributed by atoms with van der Waals surface area (Å²) in [6, 6.07) is 7.14. The van der Waals surface area contributed by atoms with Gasteiger partial charge in [-0.3, -0.25) is 24.7 Å². The predicted molar refractivity (Wildman–Crippen MR) is 106 cm³/mol. The second-order valence-electron chi connectivity index (χ2n) is 6.31. The molecule has 1 aliphatic rings. The molecule has 2 aromatic rings. The minimum atomic E-state index is -1.64. The second-order valence-corrected chi connectivity index (χ2v) is 6.72. The molecule has 0 aromatic heterocycles. The van der Waals surface area contributed by atoms with Gasteiger partial charge in [0.1, 0.15) is 17.3 Å². The quantitative estimate of drug-likeness (QED) is 0.564. The highest BCUT2D eigenvalue weighted by atomic mass is 35.5. The first-order valence-corrected chi connectivity index (χ1v) is 8.97. The molecule has 1 heterocycles. The molecule has 8 nitrogen and oxygen atoms in total. The molecule has 3 rings (SSSR count). The van der Waals surface area contributed by atoms with E-state index in [0.29, 0.717) is 11.6 Å². The number of benzene rings is 2. The van der Waals surface area contributed by atoms with Crippen molar-refractivity contribution >= 4 is 40.7 Å². The van der Waals surface area contributed by atoms with E-state index in [2.05, 4.69) is 20.9 Å². The van der Waals surface area contributed by atoms with Gasteiger partial charge in [0.15, 0.2) is 5.54 Å². The molecule has 0 spiro atoms. The van der Waals surface area contributed by atoms with Crippen LogP contribution in [-0.4, -0.2) is 37.1 Å². The number of aliphatic imine (C=N–C) groups is 1. The largest absolute Gasteiger partial charge is 0.367 e. The number of nitrogens with zero attached hydrogens (tertiary/aromatic N) is 1. The lowest BCUT2D eigenvalue weighted by Crippen LogP contribution is -2.58. The van der Waals surface area contributed by atoms with E-state index in [1.807, 2.05) is 0 Å². The molecule has 5 N–H and O–H groups in total. The molecule has 0 saturated carbocycles. The molecule has 2 aromatic carbocycles. The molecule has 0 saturated heterocycles. The zero-order valence-corrected chi connectivity index (χ0v) is 16.3. The van der Waals surface area contributed by atoms with Crippen molar-refractivity contribution in [2.24, 2.45) is 10.7 Å². The van der Waals surface area contributed by atoms with Gasteiger partial charge in [-0.25, -0.2) is 8.78 Å². The van der Waals surface area contributed by atoms with Gasteiger partial charge in [0, 0.05) is 18.8 Å². The second kappa shape index (κ2) is 8.17. The maximum atomic E-state index is 13.9. The zero-order valence-electron chi connectivity index (χ0n) is 15.6. The van der Waals surface area contributed by atoms with Crippen molar-refractivity contribution in [3.8, 4) is 0 Å². The van der Waals surface area contributed by atoms with E-state index in [9.17, 15) is 23.2 Å². The maximum Gasteiger partial charge on any atom is 0.267 e. The standard InChI is InChI=1S/C19H16ClF2N5O3/c1-24-17(29)15-19(18(23)30,26-8-25-15)9-2-4-11(5-3-9)27-16(28)14-12(20)6-10(21)7-13(14)22/h2-7,26H,8H2,1H3,(H2,23,30)(H,24,29)(H,27,28). The number of amides is 3. The molecule has 0 aliphatic carbocycles. The number of rotatable bonds is 5. The van der Waals surface area contributed by atoms with Crippen molar-refractivity contribution in [2.75, 3.05) is 19.0 Å². The van der Waals surface area contributed by atoms with Gasteiger partial charge < -0.3 is 16.4 Å². The van der Waals surface area contributed by atoms with Crippen LogP contribution in [0.4, 0.5) is 14.5 Å². The molecule has 156 valence electrons.